The minimum Gasteiger partial charge on any atom is -0.352 e. The molecule has 4 rings (SSSR count). The SMILES string of the molecule is O=C(CCNC(=O)c1ccc(Cl)cc1)Nc1ccc(C(=O)N2CC(=O)Nc3ccccc32)cc1. The summed E-state index contributed by atoms with van der Waals surface area (Å²) >= 11 is 5.81. The van der Waals surface area contributed by atoms with Crippen LogP contribution in [0.3, 0.4) is 0 Å². The van der Waals surface area contributed by atoms with Gasteiger partial charge in [-0.05, 0) is 60.7 Å². The number of nitrogens with zero attached hydrogens (tertiary/aromatic N) is 1. The molecule has 1 aliphatic rings. The molecule has 0 bridgehead atoms. The monoisotopic (exact) mass is 476 g/mol. The van der Waals surface area contributed by atoms with Crippen molar-refractivity contribution in [2.24, 2.45) is 0 Å². The molecule has 1 heterocycles. The van der Waals surface area contributed by atoms with E-state index in [1.165, 1.54) is 4.90 Å². The number of carbonyl (C=O) groups is 4. The molecular weight excluding hydrogens is 456 g/mol. The maximum Gasteiger partial charge on any atom is 0.258 e. The summed E-state index contributed by atoms with van der Waals surface area (Å²) in [6.07, 6.45) is 0.0830. The highest BCUT2D eigenvalue weighted by Gasteiger charge is 2.27. The Morgan fingerprint density at radius 3 is 2.32 bits per heavy atom. The molecule has 172 valence electrons. The first-order valence-electron chi connectivity index (χ1n) is 10.5. The third-order valence-electron chi connectivity index (χ3n) is 5.18. The van der Waals surface area contributed by atoms with Gasteiger partial charge in [0, 0.05) is 34.8 Å². The Balaban J connectivity index is 1.31. The number of rotatable bonds is 6. The average molecular weight is 477 g/mol. The Hall–Kier alpha value is -4.17. The van der Waals surface area contributed by atoms with Crippen molar-refractivity contribution in [3.05, 3.63) is 88.9 Å². The molecule has 0 atom stereocenters. The summed E-state index contributed by atoms with van der Waals surface area (Å²) in [5.41, 5.74) is 2.57. The van der Waals surface area contributed by atoms with Crippen molar-refractivity contribution in [2.75, 3.05) is 28.6 Å². The summed E-state index contributed by atoms with van der Waals surface area (Å²) < 4.78 is 0. The number of anilines is 3. The molecule has 0 fully saturated rings. The highest BCUT2D eigenvalue weighted by atomic mass is 35.5. The van der Waals surface area contributed by atoms with Crippen molar-refractivity contribution >= 4 is 52.3 Å². The first-order valence-corrected chi connectivity index (χ1v) is 10.9. The second-order valence-electron chi connectivity index (χ2n) is 7.59. The van der Waals surface area contributed by atoms with Gasteiger partial charge in [-0.15, -0.1) is 0 Å². The van der Waals surface area contributed by atoms with Crippen molar-refractivity contribution in [2.45, 2.75) is 6.42 Å². The van der Waals surface area contributed by atoms with Crippen molar-refractivity contribution in [1.82, 2.24) is 5.32 Å². The van der Waals surface area contributed by atoms with Crippen LogP contribution in [0.4, 0.5) is 17.1 Å². The molecule has 9 heteroatoms. The van der Waals surface area contributed by atoms with Crippen molar-refractivity contribution < 1.29 is 19.2 Å². The van der Waals surface area contributed by atoms with E-state index in [0.29, 0.717) is 33.2 Å². The summed E-state index contributed by atoms with van der Waals surface area (Å²) in [5, 5.41) is 8.70. The maximum absolute atomic E-state index is 13.0. The number of halogens is 1. The van der Waals surface area contributed by atoms with Crippen LogP contribution in [0.2, 0.25) is 5.02 Å². The topological polar surface area (TPSA) is 108 Å². The van der Waals surface area contributed by atoms with Crippen LogP contribution in [-0.2, 0) is 9.59 Å². The molecular formula is C25H21ClN4O4. The maximum atomic E-state index is 13.0. The minimum absolute atomic E-state index is 0.0733. The van der Waals surface area contributed by atoms with Gasteiger partial charge in [0.05, 0.1) is 11.4 Å². The molecule has 3 aromatic rings. The molecule has 0 radical (unpaired) electrons. The molecule has 8 nitrogen and oxygen atoms in total. The van der Waals surface area contributed by atoms with Gasteiger partial charge in [-0.2, -0.15) is 0 Å². The molecule has 0 saturated carbocycles. The van der Waals surface area contributed by atoms with Gasteiger partial charge < -0.3 is 16.0 Å². The van der Waals surface area contributed by atoms with E-state index in [0.717, 1.165) is 0 Å². The van der Waals surface area contributed by atoms with Crippen LogP contribution in [0.15, 0.2) is 72.8 Å². The zero-order valence-corrected chi connectivity index (χ0v) is 18.8. The lowest BCUT2D eigenvalue weighted by Gasteiger charge is -2.29. The quantitative estimate of drug-likeness (QED) is 0.504. The second kappa shape index (κ2) is 10.2. The Morgan fingerprint density at radius 2 is 1.59 bits per heavy atom. The normalized spacial score (nSPS) is 12.4. The highest BCUT2D eigenvalue weighted by Crippen LogP contribution is 2.30. The fraction of sp³-hybridized carbons (Fsp3) is 0.120. The number of fused-ring (bicyclic) bond motifs is 1. The first-order chi connectivity index (χ1) is 16.4. The lowest BCUT2D eigenvalue weighted by atomic mass is 10.1. The molecule has 3 aromatic carbocycles. The standard InChI is InChI=1S/C25H21ClN4O4/c26-18-9-5-16(6-10-18)24(33)27-14-13-22(31)28-19-11-7-17(8-12-19)25(34)30-15-23(32)29-20-3-1-2-4-21(20)30/h1-12H,13-15H2,(H,27,33)(H,28,31)(H,29,32). The first kappa shape index (κ1) is 23.0. The van der Waals surface area contributed by atoms with E-state index >= 15 is 0 Å². The summed E-state index contributed by atoms with van der Waals surface area (Å²) in [6.45, 7) is 0.0936. The summed E-state index contributed by atoms with van der Waals surface area (Å²) in [7, 11) is 0. The fourth-order valence-corrected chi connectivity index (χ4v) is 3.61. The van der Waals surface area contributed by atoms with Gasteiger partial charge in [-0.25, -0.2) is 0 Å². The van der Waals surface area contributed by atoms with Crippen molar-refractivity contribution in [3.8, 4) is 0 Å². The Morgan fingerprint density at radius 1 is 0.912 bits per heavy atom. The van der Waals surface area contributed by atoms with Crippen molar-refractivity contribution in [1.29, 1.82) is 0 Å². The molecule has 0 unspecified atom stereocenters. The van der Waals surface area contributed by atoms with Crippen LogP contribution in [0, 0.1) is 0 Å². The number of benzene rings is 3. The van der Waals surface area contributed by atoms with Crippen molar-refractivity contribution in [3.63, 3.8) is 0 Å². The number of hydrogen-bond acceptors (Lipinski definition) is 4. The highest BCUT2D eigenvalue weighted by molar-refractivity contribution is 6.30. The molecule has 0 aromatic heterocycles. The van der Waals surface area contributed by atoms with E-state index in [1.54, 1.807) is 72.8 Å². The predicted molar refractivity (Wildman–Crippen MR) is 130 cm³/mol. The van der Waals surface area contributed by atoms with Gasteiger partial charge >= 0.3 is 0 Å². The molecule has 0 aliphatic carbocycles. The predicted octanol–water partition coefficient (Wildman–Crippen LogP) is 3.70. The van der Waals surface area contributed by atoms with E-state index in [-0.39, 0.29) is 43.1 Å². The average Bonchev–Trinajstić information content (AvgIpc) is 2.84. The van der Waals surface area contributed by atoms with Gasteiger partial charge in [0.2, 0.25) is 11.8 Å². The van der Waals surface area contributed by atoms with Gasteiger partial charge in [-0.1, -0.05) is 23.7 Å². The van der Waals surface area contributed by atoms with E-state index in [1.807, 2.05) is 0 Å². The number of amides is 4. The number of hydrogen-bond donors (Lipinski definition) is 3. The zero-order chi connectivity index (χ0) is 24.1. The van der Waals surface area contributed by atoms with E-state index in [4.69, 9.17) is 11.6 Å². The Kier molecular flexibility index (Phi) is 6.89. The van der Waals surface area contributed by atoms with Crippen LogP contribution in [-0.4, -0.2) is 36.7 Å². The Bertz CT molecular complexity index is 1240. The lowest BCUT2D eigenvalue weighted by Crippen LogP contribution is -2.42. The van der Waals surface area contributed by atoms with Crippen LogP contribution >= 0.6 is 11.6 Å². The second-order valence-corrected chi connectivity index (χ2v) is 8.03. The molecule has 1 aliphatic heterocycles. The van der Waals surface area contributed by atoms with E-state index < -0.39 is 0 Å². The lowest BCUT2D eigenvalue weighted by molar-refractivity contribution is -0.116. The number of carbonyl (C=O) groups excluding carboxylic acids is 4. The van der Waals surface area contributed by atoms with Gasteiger partial charge in [0.25, 0.3) is 11.8 Å². The van der Waals surface area contributed by atoms with Gasteiger partial charge in [0.15, 0.2) is 0 Å². The molecule has 34 heavy (non-hydrogen) atoms. The minimum atomic E-state index is -0.315. The van der Waals surface area contributed by atoms with Crippen LogP contribution in [0.1, 0.15) is 27.1 Å². The largest absolute Gasteiger partial charge is 0.352 e. The van der Waals surface area contributed by atoms with Gasteiger partial charge in [0.1, 0.15) is 6.54 Å². The molecule has 3 N–H and O–H groups in total. The third-order valence-corrected chi connectivity index (χ3v) is 5.43. The molecule has 0 spiro atoms. The van der Waals surface area contributed by atoms with Crippen LogP contribution in [0.25, 0.3) is 0 Å². The summed E-state index contributed by atoms with van der Waals surface area (Å²) in [6, 6.07) is 20.0. The third kappa shape index (κ3) is 5.41. The van der Waals surface area contributed by atoms with Gasteiger partial charge in [-0.3, -0.25) is 24.1 Å². The summed E-state index contributed by atoms with van der Waals surface area (Å²) in [5.74, 6) is -1.15. The Labute approximate surface area is 200 Å². The van der Waals surface area contributed by atoms with Crippen LogP contribution < -0.4 is 20.9 Å². The molecule has 0 saturated heterocycles. The molecule has 4 amide bonds. The number of nitrogens with one attached hydrogen (secondary N) is 3. The van der Waals surface area contributed by atoms with Crippen LogP contribution in [0.5, 0.6) is 0 Å². The van der Waals surface area contributed by atoms with E-state index in [9.17, 15) is 19.2 Å². The summed E-state index contributed by atoms with van der Waals surface area (Å²) in [4.78, 5) is 50.7. The number of para-hydroxylation sites is 2. The smallest absolute Gasteiger partial charge is 0.258 e. The fourth-order valence-electron chi connectivity index (χ4n) is 3.48. The van der Waals surface area contributed by atoms with E-state index in [2.05, 4.69) is 16.0 Å². The zero-order valence-electron chi connectivity index (χ0n) is 18.0.